The molecule has 0 heterocycles. The lowest BCUT2D eigenvalue weighted by Gasteiger charge is -2.29. The molecule has 0 fully saturated rings. The molecule has 5 N–H and O–H groups in total. The second-order valence-electron chi connectivity index (χ2n) is 9.82. The molecule has 0 aromatic carbocycles. The minimum absolute atomic E-state index is 0.00473. The van der Waals surface area contributed by atoms with Gasteiger partial charge < -0.3 is 26.2 Å². The lowest BCUT2D eigenvalue weighted by molar-refractivity contribution is -0.161. The molecule has 0 aliphatic rings. The Balaban J connectivity index is 4.30. The van der Waals surface area contributed by atoms with E-state index < -0.39 is 23.5 Å². The normalized spacial score (nSPS) is 14.2. The van der Waals surface area contributed by atoms with Crippen LogP contribution in [0.15, 0.2) is 0 Å². The molecule has 0 spiro atoms. The first-order valence-corrected chi connectivity index (χ1v) is 14.0. The highest BCUT2D eigenvalue weighted by atomic mass is 16.4. The molecule has 2 unspecified atom stereocenters. The summed E-state index contributed by atoms with van der Waals surface area (Å²) < 4.78 is 0. The minimum Gasteiger partial charge on any atom is -0.380 e. The number of hydrogen-bond donors (Lipinski definition) is 4. The van der Waals surface area contributed by atoms with E-state index in [-0.39, 0.29) is 6.42 Å². The van der Waals surface area contributed by atoms with Crippen LogP contribution in [0.25, 0.3) is 0 Å². The lowest BCUT2D eigenvalue weighted by atomic mass is 9.88. The van der Waals surface area contributed by atoms with Crippen LogP contribution in [0.5, 0.6) is 0 Å². The summed E-state index contributed by atoms with van der Waals surface area (Å²) in [7, 11) is 0. The third-order valence-corrected chi connectivity index (χ3v) is 6.64. The average Bonchev–Trinajstić information content (AvgIpc) is 2.83. The molecule has 0 aliphatic carbocycles. The largest absolute Gasteiger partial charge is 0.380 e. The number of aliphatic hydroxyl groups is 2. The Morgan fingerprint density at radius 3 is 1.68 bits per heavy atom. The van der Waals surface area contributed by atoms with E-state index in [4.69, 9.17) is 5.73 Å². The minimum atomic E-state index is -2.22. The van der Waals surface area contributed by atoms with Crippen LogP contribution >= 0.6 is 0 Å². The fraction of sp³-hybridized carbons (Fsp3) is 0.926. The molecule has 0 aromatic heterocycles. The van der Waals surface area contributed by atoms with Crippen molar-refractivity contribution in [3.63, 3.8) is 0 Å². The topological polar surface area (TPSA) is 116 Å². The number of nitrogens with zero attached hydrogens (tertiary/aromatic N) is 1. The van der Waals surface area contributed by atoms with Crippen molar-refractivity contribution in [2.45, 2.75) is 135 Å². The number of primary amides is 1. The Morgan fingerprint density at radius 1 is 0.765 bits per heavy atom. The van der Waals surface area contributed by atoms with E-state index in [2.05, 4.69) is 31.0 Å². The second kappa shape index (κ2) is 21.1. The Morgan fingerprint density at radius 2 is 1.21 bits per heavy atom. The van der Waals surface area contributed by atoms with Crippen molar-refractivity contribution in [2.75, 3.05) is 26.2 Å². The van der Waals surface area contributed by atoms with E-state index in [1.54, 1.807) is 0 Å². The number of amides is 2. The summed E-state index contributed by atoms with van der Waals surface area (Å²) in [6.45, 7) is 9.92. The van der Waals surface area contributed by atoms with Gasteiger partial charge in [-0.25, -0.2) is 0 Å². The molecule has 0 bridgehead atoms. The second-order valence-corrected chi connectivity index (χ2v) is 9.82. The monoisotopic (exact) mass is 485 g/mol. The first kappa shape index (κ1) is 32.8. The summed E-state index contributed by atoms with van der Waals surface area (Å²) in [5, 5.41) is 23.8. The van der Waals surface area contributed by atoms with Crippen LogP contribution in [0.3, 0.4) is 0 Å². The van der Waals surface area contributed by atoms with Crippen LogP contribution in [0, 0.1) is 0 Å². The molecule has 2 atom stereocenters. The SMILES string of the molecule is CCCCCCCCCCCCC(O)(C(N)=O)C(O)C(=O)NCCCN(CCCC)CCCC. The van der Waals surface area contributed by atoms with Gasteiger partial charge in [0, 0.05) is 6.54 Å². The van der Waals surface area contributed by atoms with E-state index in [0.29, 0.717) is 13.0 Å². The molecule has 7 nitrogen and oxygen atoms in total. The Hall–Kier alpha value is -1.18. The van der Waals surface area contributed by atoms with Crippen LogP contribution in [-0.2, 0) is 9.59 Å². The van der Waals surface area contributed by atoms with Crippen molar-refractivity contribution in [3.05, 3.63) is 0 Å². The maximum Gasteiger partial charge on any atom is 0.252 e. The van der Waals surface area contributed by atoms with E-state index in [0.717, 1.165) is 71.0 Å². The summed E-state index contributed by atoms with van der Waals surface area (Å²) in [4.78, 5) is 26.7. The smallest absolute Gasteiger partial charge is 0.252 e. The Labute approximate surface area is 209 Å². The third-order valence-electron chi connectivity index (χ3n) is 6.64. The molecule has 0 saturated carbocycles. The lowest BCUT2D eigenvalue weighted by Crippen LogP contribution is -2.58. The van der Waals surface area contributed by atoms with Gasteiger partial charge in [0.25, 0.3) is 11.8 Å². The number of carbonyl (C=O) groups is 2. The van der Waals surface area contributed by atoms with Crippen molar-refractivity contribution in [2.24, 2.45) is 5.73 Å². The van der Waals surface area contributed by atoms with Gasteiger partial charge in [-0.05, 0) is 51.7 Å². The molecular weight excluding hydrogens is 430 g/mol. The predicted molar refractivity (Wildman–Crippen MR) is 140 cm³/mol. The molecule has 34 heavy (non-hydrogen) atoms. The van der Waals surface area contributed by atoms with Gasteiger partial charge in [0.1, 0.15) is 0 Å². The predicted octanol–water partition coefficient (Wildman–Crippen LogP) is 4.28. The quantitative estimate of drug-likeness (QED) is 0.152. The van der Waals surface area contributed by atoms with Gasteiger partial charge in [0.2, 0.25) is 0 Å². The number of unbranched alkanes of at least 4 members (excludes halogenated alkanes) is 11. The number of nitrogens with one attached hydrogen (secondary N) is 1. The van der Waals surface area contributed by atoms with E-state index in [9.17, 15) is 19.8 Å². The molecule has 7 heteroatoms. The zero-order chi connectivity index (χ0) is 25.7. The number of carbonyl (C=O) groups excluding carboxylic acids is 2. The van der Waals surface area contributed by atoms with Crippen molar-refractivity contribution in [1.82, 2.24) is 10.2 Å². The van der Waals surface area contributed by atoms with Crippen molar-refractivity contribution in [1.29, 1.82) is 0 Å². The van der Waals surface area contributed by atoms with E-state index in [1.807, 2.05) is 0 Å². The van der Waals surface area contributed by atoms with Gasteiger partial charge in [0.15, 0.2) is 11.7 Å². The highest BCUT2D eigenvalue weighted by molar-refractivity contribution is 5.93. The van der Waals surface area contributed by atoms with Crippen LogP contribution in [0.2, 0.25) is 0 Å². The number of hydrogen-bond acceptors (Lipinski definition) is 5. The van der Waals surface area contributed by atoms with Crippen LogP contribution in [-0.4, -0.2) is 64.8 Å². The first-order chi connectivity index (χ1) is 16.3. The van der Waals surface area contributed by atoms with Crippen LogP contribution < -0.4 is 11.1 Å². The maximum absolute atomic E-state index is 12.4. The van der Waals surface area contributed by atoms with Crippen LogP contribution in [0.1, 0.15) is 124 Å². The van der Waals surface area contributed by atoms with Gasteiger partial charge in [-0.15, -0.1) is 0 Å². The van der Waals surface area contributed by atoms with Gasteiger partial charge in [-0.1, -0.05) is 91.4 Å². The van der Waals surface area contributed by atoms with E-state index >= 15 is 0 Å². The molecule has 0 aromatic rings. The first-order valence-electron chi connectivity index (χ1n) is 14.0. The molecule has 0 rings (SSSR count). The standard InChI is InChI=1S/C27H55N3O4/c1-4-7-10-11-12-13-14-15-16-17-19-27(34,26(28)33)24(31)25(32)29-20-18-23-30(21-8-5-2)22-9-6-3/h24,31,34H,4-23H2,1-3H3,(H2,28,33)(H,29,32). The fourth-order valence-electron chi connectivity index (χ4n) is 4.20. The van der Waals surface area contributed by atoms with E-state index in [1.165, 1.54) is 38.5 Å². The fourth-order valence-corrected chi connectivity index (χ4v) is 4.20. The maximum atomic E-state index is 12.4. The van der Waals surface area contributed by atoms with Crippen molar-refractivity contribution >= 4 is 11.8 Å². The summed E-state index contributed by atoms with van der Waals surface area (Å²) in [5.41, 5.74) is 3.16. The van der Waals surface area contributed by atoms with Gasteiger partial charge >= 0.3 is 0 Å². The van der Waals surface area contributed by atoms with Gasteiger partial charge in [-0.2, -0.15) is 0 Å². The number of aliphatic hydroxyl groups excluding tert-OH is 1. The summed E-state index contributed by atoms with van der Waals surface area (Å²) in [6, 6.07) is 0. The Kier molecular flexibility index (Phi) is 20.4. The molecule has 202 valence electrons. The number of rotatable bonds is 24. The summed E-state index contributed by atoms with van der Waals surface area (Å²) >= 11 is 0. The third kappa shape index (κ3) is 14.9. The van der Waals surface area contributed by atoms with Crippen LogP contribution in [0.4, 0.5) is 0 Å². The van der Waals surface area contributed by atoms with Gasteiger partial charge in [-0.3, -0.25) is 9.59 Å². The highest BCUT2D eigenvalue weighted by Gasteiger charge is 2.45. The molecule has 0 radical (unpaired) electrons. The zero-order valence-corrected chi connectivity index (χ0v) is 22.5. The zero-order valence-electron chi connectivity index (χ0n) is 22.5. The van der Waals surface area contributed by atoms with Crippen molar-refractivity contribution < 1.29 is 19.8 Å². The molecular formula is C27H55N3O4. The molecule has 0 aliphatic heterocycles. The summed E-state index contributed by atoms with van der Waals surface area (Å²) in [5.74, 6) is -1.78. The van der Waals surface area contributed by atoms with Crippen molar-refractivity contribution in [3.8, 4) is 0 Å². The Bertz CT molecular complexity index is 510. The molecule has 0 saturated heterocycles. The average molecular weight is 486 g/mol. The summed E-state index contributed by atoms with van der Waals surface area (Å²) in [6.07, 6.45) is 14.6. The molecule has 2 amide bonds. The highest BCUT2D eigenvalue weighted by Crippen LogP contribution is 2.21. The number of nitrogens with two attached hydrogens (primary N) is 1. The van der Waals surface area contributed by atoms with Gasteiger partial charge in [0.05, 0.1) is 0 Å².